The zero-order valence-electron chi connectivity index (χ0n) is 22.9. The number of likely N-dealkylation sites (N-methyl/N-ethyl adjacent to an activating group) is 1. The molecule has 0 radical (unpaired) electrons. The van der Waals surface area contributed by atoms with Crippen molar-refractivity contribution in [2.45, 2.75) is 44.2 Å². The predicted molar refractivity (Wildman–Crippen MR) is 160 cm³/mol. The Morgan fingerprint density at radius 1 is 1.10 bits per heavy atom. The van der Waals surface area contributed by atoms with Crippen LogP contribution in [0.2, 0.25) is 0 Å². The number of ketones is 1. The van der Waals surface area contributed by atoms with E-state index in [1.54, 1.807) is 6.08 Å². The van der Waals surface area contributed by atoms with Crippen LogP contribution in [0.4, 0.5) is 11.4 Å². The average molecular weight is 517 g/mol. The van der Waals surface area contributed by atoms with Gasteiger partial charge in [0, 0.05) is 55.6 Å². The van der Waals surface area contributed by atoms with Crippen molar-refractivity contribution in [3.05, 3.63) is 95.1 Å². The Morgan fingerprint density at radius 3 is 2.67 bits per heavy atom. The third-order valence-corrected chi connectivity index (χ3v) is 8.27. The summed E-state index contributed by atoms with van der Waals surface area (Å²) in [5.41, 5.74) is 7.65. The molecule has 5 heteroatoms. The number of carbonyl (C=O) groups is 1. The van der Waals surface area contributed by atoms with Crippen molar-refractivity contribution in [1.82, 2.24) is 4.90 Å². The molecule has 2 aromatic rings. The summed E-state index contributed by atoms with van der Waals surface area (Å²) in [5.74, 6) is 6.10. The van der Waals surface area contributed by atoms with Gasteiger partial charge in [-0.25, -0.2) is 0 Å². The Hall–Kier alpha value is -3.88. The molecule has 3 aliphatic heterocycles. The highest BCUT2D eigenvalue weighted by atomic mass is 16.1. The summed E-state index contributed by atoms with van der Waals surface area (Å²) in [6.07, 6.45) is 11.8. The van der Waals surface area contributed by atoms with E-state index >= 15 is 0 Å². The first kappa shape index (κ1) is 25.4. The maximum absolute atomic E-state index is 12.6. The van der Waals surface area contributed by atoms with Gasteiger partial charge in [-0.3, -0.25) is 9.79 Å². The number of piperazine rings is 1. The summed E-state index contributed by atoms with van der Waals surface area (Å²) in [7, 11) is 2.18. The molecule has 2 aliphatic carbocycles. The quantitative estimate of drug-likeness (QED) is 0.323. The molecule has 198 valence electrons. The molecule has 39 heavy (non-hydrogen) atoms. The van der Waals surface area contributed by atoms with Crippen LogP contribution in [0.3, 0.4) is 0 Å². The first-order valence-corrected chi connectivity index (χ1v) is 14.1. The number of aryl methyl sites for hydroxylation is 1. The van der Waals surface area contributed by atoms with E-state index in [4.69, 9.17) is 4.99 Å². The monoisotopic (exact) mass is 516 g/mol. The third kappa shape index (κ3) is 5.62. The zero-order chi connectivity index (χ0) is 26.8. The van der Waals surface area contributed by atoms with E-state index in [2.05, 4.69) is 94.7 Å². The molecule has 1 saturated heterocycles. The summed E-state index contributed by atoms with van der Waals surface area (Å²) in [4.78, 5) is 22.5. The number of rotatable bonds is 5. The Kier molecular flexibility index (Phi) is 6.97. The lowest BCUT2D eigenvalue weighted by Gasteiger charge is -2.37. The highest BCUT2D eigenvalue weighted by molar-refractivity contribution is 6.08. The summed E-state index contributed by atoms with van der Waals surface area (Å²) in [6, 6.07) is 17.2. The number of benzene rings is 2. The smallest absolute Gasteiger partial charge is 0.228 e. The summed E-state index contributed by atoms with van der Waals surface area (Å²) < 4.78 is 0. The lowest BCUT2D eigenvalue weighted by molar-refractivity contribution is -0.109. The van der Waals surface area contributed by atoms with Gasteiger partial charge < -0.3 is 15.1 Å². The van der Waals surface area contributed by atoms with Crippen LogP contribution in [-0.2, 0) is 11.2 Å². The maximum Gasteiger partial charge on any atom is 0.228 e. The second-order valence-corrected chi connectivity index (χ2v) is 11.2. The molecule has 2 aromatic carbocycles. The number of hydrogen-bond donors (Lipinski definition) is 1. The largest absolute Gasteiger partial charge is 0.369 e. The van der Waals surface area contributed by atoms with Crippen molar-refractivity contribution in [2.24, 2.45) is 4.99 Å². The van der Waals surface area contributed by atoms with Gasteiger partial charge in [-0.2, -0.15) is 0 Å². The standard InChI is InChI=1S/C34H36N4O/c1-25-29(11-17-32(39)16-10-28-8-5-7-27-6-3-4-9-33(27)28)22-26-23-34(24-26,35-25)36-30-12-14-31(15-13-30)38-20-18-37(2)19-21-38/h3-4,6,9,11-15,17,22-23,28,36H,5,7-8,18-21,24H2,1-2H3/b17-11-/t28-,34?/m0/s1. The van der Waals surface area contributed by atoms with Gasteiger partial charge in [-0.05, 0) is 110 Å². The van der Waals surface area contributed by atoms with E-state index < -0.39 is 5.66 Å². The van der Waals surface area contributed by atoms with Gasteiger partial charge in [-0.1, -0.05) is 30.2 Å². The number of aliphatic imine (C=N–C) groups is 1. The van der Waals surface area contributed by atoms with Gasteiger partial charge in [0.2, 0.25) is 5.78 Å². The fourth-order valence-corrected chi connectivity index (χ4v) is 6.04. The Bertz CT molecular complexity index is 1440. The van der Waals surface area contributed by atoms with Gasteiger partial charge in [0.15, 0.2) is 5.66 Å². The fourth-order valence-electron chi connectivity index (χ4n) is 6.04. The number of fused-ring (bicyclic) bond motifs is 2. The Morgan fingerprint density at radius 2 is 1.87 bits per heavy atom. The lowest BCUT2D eigenvalue weighted by atomic mass is 9.83. The van der Waals surface area contributed by atoms with Crippen molar-refractivity contribution < 1.29 is 4.79 Å². The summed E-state index contributed by atoms with van der Waals surface area (Å²) in [5, 5.41) is 3.64. The molecule has 1 unspecified atom stereocenters. The SMILES string of the molecule is CC1=NC2(Nc3ccc(N4CCN(C)CC4)cc3)C=C(C=C1/C=C\C(=O)C#C[C@@H]1CCCc3ccccc31)C2. The average Bonchev–Trinajstić information content (AvgIpc) is 3.15. The molecule has 0 saturated carbocycles. The first-order chi connectivity index (χ1) is 19.0. The molecule has 0 amide bonds. The minimum absolute atomic E-state index is 0.145. The zero-order valence-corrected chi connectivity index (χ0v) is 22.9. The van der Waals surface area contributed by atoms with Crippen LogP contribution in [0.5, 0.6) is 0 Å². The van der Waals surface area contributed by atoms with Gasteiger partial charge in [0.1, 0.15) is 0 Å². The number of allylic oxidation sites excluding steroid dienone is 4. The molecule has 2 atom stereocenters. The molecule has 1 N–H and O–H groups in total. The minimum atomic E-state index is -0.432. The van der Waals surface area contributed by atoms with Crippen molar-refractivity contribution >= 4 is 22.9 Å². The normalized spacial score (nSPS) is 24.3. The maximum atomic E-state index is 12.6. The van der Waals surface area contributed by atoms with Gasteiger partial charge in [0.25, 0.3) is 0 Å². The van der Waals surface area contributed by atoms with E-state index in [0.717, 1.165) is 68.8 Å². The van der Waals surface area contributed by atoms with Crippen molar-refractivity contribution in [1.29, 1.82) is 0 Å². The topological polar surface area (TPSA) is 47.9 Å². The first-order valence-electron chi connectivity index (χ1n) is 14.1. The molecule has 2 bridgehead atoms. The van der Waals surface area contributed by atoms with Crippen LogP contribution in [-0.4, -0.2) is 55.3 Å². The number of anilines is 2. The highest BCUT2D eigenvalue weighted by Crippen LogP contribution is 2.40. The van der Waals surface area contributed by atoms with Crippen LogP contribution in [0.1, 0.15) is 43.2 Å². The predicted octanol–water partition coefficient (Wildman–Crippen LogP) is 5.53. The van der Waals surface area contributed by atoms with Crippen molar-refractivity contribution in [2.75, 3.05) is 43.4 Å². The second kappa shape index (κ2) is 10.7. The van der Waals surface area contributed by atoms with Crippen LogP contribution in [0.25, 0.3) is 0 Å². The van der Waals surface area contributed by atoms with E-state index in [0.29, 0.717) is 0 Å². The number of nitrogens with zero attached hydrogens (tertiary/aromatic N) is 3. The Labute approximate surface area is 232 Å². The molecule has 0 spiro atoms. The molecule has 7 rings (SSSR count). The molecular weight excluding hydrogens is 480 g/mol. The summed E-state index contributed by atoms with van der Waals surface area (Å²) >= 11 is 0. The lowest BCUT2D eigenvalue weighted by Crippen LogP contribution is -2.44. The molecule has 5 nitrogen and oxygen atoms in total. The van der Waals surface area contributed by atoms with Crippen LogP contribution in [0.15, 0.2) is 89.0 Å². The summed E-state index contributed by atoms with van der Waals surface area (Å²) in [6.45, 7) is 6.34. The third-order valence-electron chi connectivity index (χ3n) is 8.27. The van der Waals surface area contributed by atoms with Crippen LogP contribution in [0, 0.1) is 11.8 Å². The van der Waals surface area contributed by atoms with E-state index in [1.165, 1.54) is 22.4 Å². The van der Waals surface area contributed by atoms with E-state index in [1.807, 2.05) is 13.0 Å². The second-order valence-electron chi connectivity index (χ2n) is 11.2. The minimum Gasteiger partial charge on any atom is -0.369 e. The van der Waals surface area contributed by atoms with Gasteiger partial charge >= 0.3 is 0 Å². The van der Waals surface area contributed by atoms with Crippen molar-refractivity contribution in [3.63, 3.8) is 0 Å². The molecule has 1 fully saturated rings. The molecule has 3 heterocycles. The van der Waals surface area contributed by atoms with Crippen molar-refractivity contribution in [3.8, 4) is 11.8 Å². The highest BCUT2D eigenvalue weighted by Gasteiger charge is 2.38. The fraction of sp³-hybridized carbons (Fsp3) is 0.353. The van der Waals surface area contributed by atoms with Crippen LogP contribution >= 0.6 is 0 Å². The number of carbonyl (C=O) groups excluding carboxylic acids is 1. The Balaban J connectivity index is 1.09. The van der Waals surface area contributed by atoms with Crippen LogP contribution < -0.4 is 10.2 Å². The molecule has 5 aliphatic rings. The van der Waals surface area contributed by atoms with E-state index in [9.17, 15) is 4.79 Å². The molecule has 0 aromatic heterocycles. The van der Waals surface area contributed by atoms with Gasteiger partial charge in [0.05, 0.1) is 0 Å². The number of hydrogen-bond acceptors (Lipinski definition) is 5. The molecular formula is C34H36N4O. The van der Waals surface area contributed by atoms with Gasteiger partial charge in [-0.15, -0.1) is 0 Å². The van der Waals surface area contributed by atoms with E-state index in [-0.39, 0.29) is 11.7 Å². The number of nitrogens with one attached hydrogen (secondary N) is 1.